The Bertz CT molecular complexity index is 2180. The molecule has 25 heteroatoms. The molecule has 0 aromatic heterocycles. The molecule has 25 nitrogen and oxygen atoms in total. The first-order valence-electron chi connectivity index (χ1n) is 36.0. The molecule has 0 aliphatic carbocycles. The minimum Gasteiger partial charge on any atom is -0.444 e. The van der Waals surface area contributed by atoms with E-state index in [1.54, 1.807) is 20.8 Å². The van der Waals surface area contributed by atoms with Crippen molar-refractivity contribution in [1.29, 1.82) is 0 Å². The van der Waals surface area contributed by atoms with E-state index < -0.39 is 35.3 Å². The van der Waals surface area contributed by atoms with Gasteiger partial charge in [-0.3, -0.25) is 52.7 Å². The number of carbonyl (C=O) groups excluding carboxylic acids is 12. The Morgan fingerprint density at radius 2 is 0.489 bits per heavy atom. The molecule has 0 fully saturated rings. The maximum atomic E-state index is 13.7. The molecule has 0 rings (SSSR count). The Morgan fingerprint density at radius 1 is 0.255 bits per heavy atom. The second-order valence-corrected chi connectivity index (χ2v) is 25.5. The van der Waals surface area contributed by atoms with Gasteiger partial charge in [0.15, 0.2) is 0 Å². The predicted octanol–water partition coefficient (Wildman–Crippen LogP) is 7.17. The molecule has 0 aliphatic heterocycles. The van der Waals surface area contributed by atoms with Crippen LogP contribution in [0.15, 0.2) is 0 Å². The third-order valence-electron chi connectivity index (χ3n) is 15.5. The van der Waals surface area contributed by atoms with Crippen LogP contribution in [-0.4, -0.2) is 212 Å². The Kier molecular flexibility index (Phi) is 52.8. The van der Waals surface area contributed by atoms with Crippen LogP contribution < -0.4 is 37.2 Å². The lowest BCUT2D eigenvalue weighted by Crippen LogP contribution is -2.49. The van der Waals surface area contributed by atoms with Gasteiger partial charge in [-0.2, -0.15) is 0 Å². The first-order chi connectivity index (χ1) is 45.0. The number of alkyl carbamates (subject to hydrolysis) is 1. The normalized spacial score (nSPS) is 11.0. The SMILES string of the molecule is CCCCCCC(=O)N(CCNC(=O)CN(CCNC(=O)CN(CCNC(=O)CN(CCNC(=O)CN(CCNC(=O)OC(C)(C)C)C(=O)CCCCCC)C(=O)CCCCCC)C(=O)CCCCCC)C(=O)CCCCCC)CC(=O)NCCCCCC(=O)NCCC. The Labute approximate surface area is 564 Å². The molecule has 0 radical (unpaired) electrons. The fourth-order valence-corrected chi connectivity index (χ4v) is 10.0. The van der Waals surface area contributed by atoms with E-state index in [1.807, 2.05) is 6.92 Å². The minimum absolute atomic E-state index is 0.000427. The Morgan fingerprint density at radius 3 is 0.745 bits per heavy atom. The number of hydrogen-bond donors (Lipinski definition) is 7. The van der Waals surface area contributed by atoms with Crippen molar-refractivity contribution in [1.82, 2.24) is 61.7 Å². The maximum absolute atomic E-state index is 13.7. The zero-order chi connectivity index (χ0) is 70.2. The average molecular weight is 1330 g/mol. The van der Waals surface area contributed by atoms with E-state index >= 15 is 0 Å². The molecule has 94 heavy (non-hydrogen) atoms. The summed E-state index contributed by atoms with van der Waals surface area (Å²) in [6, 6.07) is 0. The number of rotatable bonds is 58. The predicted molar refractivity (Wildman–Crippen MR) is 368 cm³/mol. The highest BCUT2D eigenvalue weighted by Crippen LogP contribution is 2.12. The van der Waals surface area contributed by atoms with E-state index in [4.69, 9.17) is 4.74 Å². The molecule has 12 amide bonds. The lowest BCUT2D eigenvalue weighted by molar-refractivity contribution is -0.137. The first kappa shape index (κ1) is 87.4. The zero-order valence-corrected chi connectivity index (χ0v) is 59.8. The summed E-state index contributed by atoms with van der Waals surface area (Å²) < 4.78 is 5.32. The quantitative estimate of drug-likeness (QED) is 0.0297. The van der Waals surface area contributed by atoms with Gasteiger partial charge in [-0.05, 0) is 72.1 Å². The van der Waals surface area contributed by atoms with Crippen LogP contribution in [0.2, 0.25) is 0 Å². The zero-order valence-electron chi connectivity index (χ0n) is 59.8. The summed E-state index contributed by atoms with van der Waals surface area (Å²) in [6.07, 6.45) is 20.9. The summed E-state index contributed by atoms with van der Waals surface area (Å²) in [7, 11) is 0. The summed E-state index contributed by atoms with van der Waals surface area (Å²) >= 11 is 0. The number of nitrogens with one attached hydrogen (secondary N) is 7. The largest absolute Gasteiger partial charge is 0.444 e. The number of ether oxygens (including phenoxy) is 1. The second kappa shape index (κ2) is 56.8. The van der Waals surface area contributed by atoms with Gasteiger partial charge in [-0.25, -0.2) is 4.79 Å². The standard InChI is InChI=1S/C69H128N12O13/c1-10-16-21-28-35-63(88)77(52-58(83)71-41-33-26-27-34-57(82)70-40-15-6)47-42-72-59(84)53-78(64(89)36-29-22-17-11-2)48-43-73-60(85)54-79(65(90)37-30-23-18-12-3)49-44-74-61(86)55-80(66(91)38-31-24-19-13-4)50-45-75-62(87)56-81(67(92)39-32-25-20-14-5)51-46-76-68(93)94-69(7,8)9/h10-56H2,1-9H3,(H,70,82)(H,71,83)(H,72,84)(H,73,85)(H,74,86)(H,75,87)(H,76,93). The molecule has 0 heterocycles. The van der Waals surface area contributed by atoms with Gasteiger partial charge in [0, 0.05) is 117 Å². The molecular weight excluding hydrogens is 1200 g/mol. The lowest BCUT2D eigenvalue weighted by atomic mass is 10.1. The van der Waals surface area contributed by atoms with Gasteiger partial charge in [-0.15, -0.1) is 0 Å². The number of hydrogen-bond acceptors (Lipinski definition) is 13. The summed E-state index contributed by atoms with van der Waals surface area (Å²) in [5.74, 6) is -3.55. The van der Waals surface area contributed by atoms with Crippen LogP contribution in [0.25, 0.3) is 0 Å². The topological polar surface area (TPSA) is 314 Å². The first-order valence-corrected chi connectivity index (χ1v) is 36.0. The molecule has 0 aliphatic rings. The van der Waals surface area contributed by atoms with Crippen LogP contribution in [0.5, 0.6) is 0 Å². The lowest BCUT2D eigenvalue weighted by Gasteiger charge is -2.26. The van der Waals surface area contributed by atoms with Crippen molar-refractivity contribution in [3.05, 3.63) is 0 Å². The molecule has 0 atom stereocenters. The van der Waals surface area contributed by atoms with Crippen molar-refractivity contribution in [2.75, 3.05) is 111 Å². The van der Waals surface area contributed by atoms with Gasteiger partial charge >= 0.3 is 6.09 Å². The minimum atomic E-state index is -0.716. The summed E-state index contributed by atoms with van der Waals surface area (Å²) in [6.45, 7) is 17.3. The van der Waals surface area contributed by atoms with E-state index in [-0.39, 0.29) is 172 Å². The Balaban J connectivity index is 6.00. The average Bonchev–Trinajstić information content (AvgIpc) is 1.98. The van der Waals surface area contributed by atoms with Crippen LogP contribution in [0.3, 0.4) is 0 Å². The molecule has 0 bridgehead atoms. The smallest absolute Gasteiger partial charge is 0.407 e. The van der Waals surface area contributed by atoms with Crippen LogP contribution in [0, 0.1) is 0 Å². The molecule has 0 aromatic rings. The van der Waals surface area contributed by atoms with Gasteiger partial charge in [0.05, 0.1) is 32.7 Å². The molecule has 0 aromatic carbocycles. The van der Waals surface area contributed by atoms with Crippen LogP contribution in [-0.2, 0) is 57.5 Å². The fourth-order valence-electron chi connectivity index (χ4n) is 10.0. The van der Waals surface area contributed by atoms with E-state index in [0.717, 1.165) is 109 Å². The van der Waals surface area contributed by atoms with Crippen molar-refractivity contribution < 1.29 is 62.3 Å². The van der Waals surface area contributed by atoms with Crippen LogP contribution in [0.4, 0.5) is 4.79 Å². The van der Waals surface area contributed by atoms with Gasteiger partial charge in [0.2, 0.25) is 65.0 Å². The highest BCUT2D eigenvalue weighted by atomic mass is 16.6. The van der Waals surface area contributed by atoms with Gasteiger partial charge < -0.3 is 66.5 Å². The molecule has 0 unspecified atom stereocenters. The van der Waals surface area contributed by atoms with Crippen molar-refractivity contribution in [3.8, 4) is 0 Å². The van der Waals surface area contributed by atoms with Crippen LogP contribution >= 0.6 is 0 Å². The van der Waals surface area contributed by atoms with E-state index in [1.165, 1.54) is 24.5 Å². The van der Waals surface area contributed by atoms with Crippen molar-refractivity contribution in [2.45, 2.75) is 261 Å². The van der Waals surface area contributed by atoms with Gasteiger partial charge in [-0.1, -0.05) is 144 Å². The second-order valence-electron chi connectivity index (χ2n) is 25.5. The number of unbranched alkanes of at least 4 members (excludes halogenated alkanes) is 17. The fraction of sp³-hybridized carbons (Fsp3) is 0.826. The summed E-state index contributed by atoms with van der Waals surface area (Å²) in [5, 5.41) is 19.6. The van der Waals surface area contributed by atoms with E-state index in [0.29, 0.717) is 64.5 Å². The maximum Gasteiger partial charge on any atom is 0.407 e. The molecule has 542 valence electrons. The van der Waals surface area contributed by atoms with Gasteiger partial charge in [0.25, 0.3) is 0 Å². The van der Waals surface area contributed by atoms with E-state index in [9.17, 15) is 57.5 Å². The van der Waals surface area contributed by atoms with Gasteiger partial charge in [0.1, 0.15) is 5.60 Å². The molecule has 7 N–H and O–H groups in total. The highest BCUT2D eigenvalue weighted by molar-refractivity contribution is 5.88. The number of carbonyl (C=O) groups is 12. The monoisotopic (exact) mass is 1330 g/mol. The molecule has 0 saturated heterocycles. The Hall–Kier alpha value is -6.56. The third kappa shape index (κ3) is 49.1. The van der Waals surface area contributed by atoms with E-state index in [2.05, 4.69) is 71.8 Å². The van der Waals surface area contributed by atoms with Crippen LogP contribution in [0.1, 0.15) is 255 Å². The third-order valence-corrected chi connectivity index (χ3v) is 15.5. The van der Waals surface area contributed by atoms with Crippen molar-refractivity contribution in [2.24, 2.45) is 0 Å². The molecule has 0 spiro atoms. The van der Waals surface area contributed by atoms with Crippen molar-refractivity contribution in [3.63, 3.8) is 0 Å². The number of nitrogens with zero attached hydrogens (tertiary/aromatic N) is 5. The summed E-state index contributed by atoms with van der Waals surface area (Å²) in [5.41, 5.74) is -0.716. The van der Waals surface area contributed by atoms with Crippen molar-refractivity contribution >= 4 is 71.1 Å². The molecule has 0 saturated carbocycles. The number of amides is 12. The highest BCUT2D eigenvalue weighted by Gasteiger charge is 2.25. The molecular formula is C69H128N12O13. The summed E-state index contributed by atoms with van der Waals surface area (Å²) in [4.78, 5) is 166.